The smallest absolute Gasteiger partial charge is 0.317 e. The van der Waals surface area contributed by atoms with Gasteiger partial charge in [-0.1, -0.05) is 47.5 Å². The molecule has 2 aliphatic heterocycles. The van der Waals surface area contributed by atoms with Crippen molar-refractivity contribution >= 4 is 41.0 Å². The van der Waals surface area contributed by atoms with Crippen LogP contribution < -0.4 is 15.1 Å². The zero-order valence-electron chi connectivity index (χ0n) is 24.0. The van der Waals surface area contributed by atoms with E-state index in [9.17, 15) is 14.4 Å². The second-order valence-electron chi connectivity index (χ2n) is 11.5. The molecule has 3 aromatic carbocycles. The number of rotatable bonds is 6. The van der Waals surface area contributed by atoms with Crippen LogP contribution in [-0.4, -0.2) is 37.2 Å². The Hall–Kier alpha value is -4.06. The van der Waals surface area contributed by atoms with Crippen molar-refractivity contribution in [3.8, 4) is 17.2 Å². The van der Waals surface area contributed by atoms with E-state index in [0.29, 0.717) is 34.3 Å². The number of carbonyl (C=O) groups is 1. The number of benzene rings is 3. The molecule has 9 heteroatoms. The predicted molar refractivity (Wildman–Crippen MR) is 174 cm³/mol. The van der Waals surface area contributed by atoms with Gasteiger partial charge in [-0.15, -0.1) is 0 Å². The summed E-state index contributed by atoms with van der Waals surface area (Å²) < 4.78 is 13.9. The minimum Gasteiger partial charge on any atom is -0.317 e. The highest BCUT2D eigenvalue weighted by Crippen LogP contribution is 2.51. The second-order valence-corrected chi connectivity index (χ2v) is 12.3. The van der Waals surface area contributed by atoms with E-state index in [0.717, 1.165) is 53.9 Å². The lowest BCUT2D eigenvalue weighted by molar-refractivity contribution is 0.189. The van der Waals surface area contributed by atoms with Gasteiger partial charge in [0.05, 0.1) is 27.1 Å². The van der Waals surface area contributed by atoms with Crippen LogP contribution in [0.4, 0.5) is 14.9 Å². The third-order valence-corrected chi connectivity index (χ3v) is 9.52. The summed E-state index contributed by atoms with van der Waals surface area (Å²) in [6, 6.07) is 24.5. The number of hydrogen-bond donors (Lipinski definition) is 2. The van der Waals surface area contributed by atoms with Crippen molar-refractivity contribution in [2.24, 2.45) is 0 Å². The molecule has 6 nitrogen and oxygen atoms in total. The Morgan fingerprint density at radius 2 is 1.86 bits per heavy atom. The Bertz CT molecular complexity index is 1800. The topological polar surface area (TPSA) is 77.8 Å². The van der Waals surface area contributed by atoms with Gasteiger partial charge in [0.25, 0.3) is 0 Å². The summed E-state index contributed by atoms with van der Waals surface area (Å²) in [5.74, 6) is -0.585. The van der Waals surface area contributed by atoms with Crippen LogP contribution in [-0.2, 0) is 12.0 Å². The molecule has 2 amide bonds. The minimum atomic E-state index is -0.585. The summed E-state index contributed by atoms with van der Waals surface area (Å²) in [5, 5.41) is 17.0. The molecule has 2 N–H and O–H groups in total. The molecule has 1 unspecified atom stereocenters. The number of hydrogen-bond acceptors (Lipinski definition) is 4. The largest absolute Gasteiger partial charge is 0.422 e. The van der Waals surface area contributed by atoms with E-state index in [1.807, 2.05) is 42.5 Å². The van der Waals surface area contributed by atoms with Crippen LogP contribution in [0, 0.1) is 17.3 Å². The van der Waals surface area contributed by atoms with Crippen LogP contribution in [0.15, 0.2) is 85.1 Å². The quantitative estimate of drug-likeness (QED) is 0.170. The summed E-state index contributed by atoms with van der Waals surface area (Å²) in [7, 11) is 0. The SMILES string of the molecule is N#Cc1cccc(-c2ccc3c(c2)C2(CCNCC2)C[N+]3(C/C=C/c2ccc(Cl)c(Cl)c2)C(=O)NCc2ccnc(F)c2)c1. The van der Waals surface area contributed by atoms with Crippen molar-refractivity contribution < 1.29 is 9.18 Å². The number of halogens is 3. The molecule has 3 heterocycles. The maximum Gasteiger partial charge on any atom is 0.422 e. The molecule has 1 aromatic heterocycles. The third kappa shape index (κ3) is 5.87. The van der Waals surface area contributed by atoms with Gasteiger partial charge in [0.15, 0.2) is 0 Å². The first kappa shape index (κ1) is 30.0. The van der Waals surface area contributed by atoms with Gasteiger partial charge in [-0.3, -0.25) is 0 Å². The fourth-order valence-corrected chi connectivity index (χ4v) is 6.90. The maximum atomic E-state index is 14.4. The normalized spacial score (nSPS) is 18.7. The number of fused-ring (bicyclic) bond motifs is 2. The predicted octanol–water partition coefficient (Wildman–Crippen LogP) is 7.63. The van der Waals surface area contributed by atoms with E-state index in [4.69, 9.17) is 23.2 Å². The molecule has 6 rings (SSSR count). The van der Waals surface area contributed by atoms with Gasteiger partial charge in [-0.25, -0.2) is 14.3 Å². The number of carbonyl (C=O) groups excluding carboxylic acids is 1. The first-order valence-electron chi connectivity index (χ1n) is 14.6. The van der Waals surface area contributed by atoms with Crippen molar-refractivity contribution in [2.45, 2.75) is 24.8 Å². The standard InChI is InChI=1S/C35H30Cl2FN5O/c36-30-8-6-24(18-31(30)37)4-2-16-43(34(44)42-22-26-10-13-41-33(38)19-26)23-35(11-14-40-15-12-35)29-20-28(7-9-32(29)43)27-5-1-3-25(17-27)21-39/h1-10,13,17-20,40H,11-12,14-16,22-23H2/p+1/b4-2+. The van der Waals surface area contributed by atoms with Crippen LogP contribution in [0.2, 0.25) is 10.0 Å². The number of amides is 2. The molecule has 0 aliphatic carbocycles. The number of urea groups is 1. The van der Waals surface area contributed by atoms with E-state index in [2.05, 4.69) is 33.8 Å². The van der Waals surface area contributed by atoms with Gasteiger partial charge < -0.3 is 10.6 Å². The highest BCUT2D eigenvalue weighted by atomic mass is 35.5. The molecular weight excluding hydrogens is 596 g/mol. The average Bonchev–Trinajstić information content (AvgIpc) is 3.31. The van der Waals surface area contributed by atoms with Gasteiger partial charge in [0, 0.05) is 24.4 Å². The van der Waals surface area contributed by atoms with E-state index in [1.165, 1.54) is 12.3 Å². The fraction of sp³-hybridized carbons (Fsp3) is 0.229. The molecule has 2 aliphatic rings. The van der Waals surface area contributed by atoms with Crippen LogP contribution >= 0.6 is 23.2 Å². The molecule has 1 saturated heterocycles. The Kier molecular flexibility index (Phi) is 8.53. The van der Waals surface area contributed by atoms with Crippen LogP contribution in [0.25, 0.3) is 17.2 Å². The van der Waals surface area contributed by atoms with E-state index in [1.54, 1.807) is 24.3 Å². The van der Waals surface area contributed by atoms with Crippen LogP contribution in [0.3, 0.4) is 0 Å². The number of nitrogens with one attached hydrogen (secondary N) is 2. The van der Waals surface area contributed by atoms with Gasteiger partial charge >= 0.3 is 6.03 Å². The summed E-state index contributed by atoms with van der Waals surface area (Å²) >= 11 is 12.4. The number of aromatic nitrogens is 1. The highest BCUT2D eigenvalue weighted by molar-refractivity contribution is 6.42. The van der Waals surface area contributed by atoms with Crippen molar-refractivity contribution in [3.05, 3.63) is 123 Å². The number of nitrogens with zero attached hydrogens (tertiary/aromatic N) is 3. The Balaban J connectivity index is 1.43. The van der Waals surface area contributed by atoms with E-state index in [-0.39, 0.29) is 22.5 Å². The third-order valence-electron chi connectivity index (χ3n) is 8.78. The Morgan fingerprint density at radius 3 is 2.64 bits per heavy atom. The van der Waals surface area contributed by atoms with Crippen molar-refractivity contribution in [1.82, 2.24) is 20.1 Å². The molecule has 222 valence electrons. The number of piperidine rings is 1. The second kappa shape index (κ2) is 12.5. The highest BCUT2D eigenvalue weighted by Gasteiger charge is 2.57. The Labute approximate surface area is 266 Å². The lowest BCUT2D eigenvalue weighted by Crippen LogP contribution is -2.60. The van der Waals surface area contributed by atoms with Crippen molar-refractivity contribution in [3.63, 3.8) is 0 Å². The Morgan fingerprint density at radius 1 is 1.05 bits per heavy atom. The minimum absolute atomic E-state index is 0.0687. The van der Waals surface area contributed by atoms with Crippen molar-refractivity contribution in [1.29, 1.82) is 5.26 Å². The first-order valence-corrected chi connectivity index (χ1v) is 15.3. The molecule has 0 bridgehead atoms. The lowest BCUT2D eigenvalue weighted by atomic mass is 9.74. The van der Waals surface area contributed by atoms with E-state index >= 15 is 0 Å². The summed E-state index contributed by atoms with van der Waals surface area (Å²) in [6.07, 6.45) is 7.16. The lowest BCUT2D eigenvalue weighted by Gasteiger charge is -2.36. The van der Waals surface area contributed by atoms with E-state index < -0.39 is 5.95 Å². The zero-order valence-corrected chi connectivity index (χ0v) is 25.5. The average molecular weight is 628 g/mol. The van der Waals surface area contributed by atoms with Gasteiger partial charge in [0.1, 0.15) is 18.8 Å². The van der Waals surface area contributed by atoms with Crippen LogP contribution in [0.1, 0.15) is 35.1 Å². The number of quaternary nitrogens is 1. The first-order chi connectivity index (χ1) is 21.3. The molecule has 0 saturated carbocycles. The number of pyridine rings is 1. The van der Waals surface area contributed by atoms with Crippen molar-refractivity contribution in [2.75, 3.05) is 26.2 Å². The van der Waals surface area contributed by atoms with Crippen LogP contribution in [0.5, 0.6) is 0 Å². The number of nitriles is 1. The van der Waals surface area contributed by atoms with Gasteiger partial charge in [0.2, 0.25) is 5.95 Å². The summed E-state index contributed by atoms with van der Waals surface area (Å²) in [4.78, 5) is 18.1. The zero-order chi connectivity index (χ0) is 30.7. The van der Waals surface area contributed by atoms with Gasteiger partial charge in [-0.2, -0.15) is 9.65 Å². The molecule has 44 heavy (non-hydrogen) atoms. The molecule has 1 atom stereocenters. The molecular formula is C35H31Cl2FN5O+. The monoisotopic (exact) mass is 626 g/mol. The van der Waals surface area contributed by atoms with Gasteiger partial charge in [-0.05, 0) is 103 Å². The molecule has 1 spiro atoms. The molecule has 1 fully saturated rings. The molecule has 0 radical (unpaired) electrons. The summed E-state index contributed by atoms with van der Waals surface area (Å²) in [6.45, 7) is 2.88. The maximum absolute atomic E-state index is 14.4. The fourth-order valence-electron chi connectivity index (χ4n) is 6.60. The summed E-state index contributed by atoms with van der Waals surface area (Å²) in [5.41, 5.74) is 5.98. The molecule has 4 aromatic rings.